The van der Waals surface area contributed by atoms with Crippen LogP contribution < -0.4 is 4.72 Å². The van der Waals surface area contributed by atoms with Gasteiger partial charge in [-0.25, -0.2) is 13.1 Å². The monoisotopic (exact) mass is 287 g/mol. The average Bonchev–Trinajstić information content (AvgIpc) is 2.34. The number of hydrogen-bond acceptors (Lipinski definition) is 5. The van der Waals surface area contributed by atoms with Crippen molar-refractivity contribution in [2.24, 2.45) is 0 Å². The van der Waals surface area contributed by atoms with Gasteiger partial charge in [0.25, 0.3) is 0 Å². The molecule has 0 fully saturated rings. The summed E-state index contributed by atoms with van der Waals surface area (Å²) in [7, 11) is -3.94. The zero-order valence-corrected chi connectivity index (χ0v) is 10.5. The fourth-order valence-electron chi connectivity index (χ4n) is 1.26. The highest BCUT2D eigenvalue weighted by Crippen LogP contribution is 2.21. The molecule has 0 aliphatic rings. The van der Waals surface area contributed by atoms with Crippen LogP contribution in [0.25, 0.3) is 0 Å². The maximum atomic E-state index is 13.1. The van der Waals surface area contributed by atoms with Crippen LogP contribution >= 0.6 is 0 Å². The number of nitro benzene ring substituents is 1. The first-order chi connectivity index (χ1) is 8.88. The van der Waals surface area contributed by atoms with Crippen molar-refractivity contribution >= 4 is 15.7 Å². The van der Waals surface area contributed by atoms with Crippen molar-refractivity contribution in [1.29, 1.82) is 5.26 Å². The summed E-state index contributed by atoms with van der Waals surface area (Å²) in [6, 6.07) is 4.17. The minimum atomic E-state index is -3.94. The summed E-state index contributed by atoms with van der Waals surface area (Å²) in [6.45, 7) is 0.0288. The molecule has 0 saturated heterocycles. The van der Waals surface area contributed by atoms with Gasteiger partial charge in [-0.15, -0.1) is 0 Å². The van der Waals surface area contributed by atoms with Gasteiger partial charge in [0.1, 0.15) is 0 Å². The number of nitrogens with one attached hydrogen (secondary N) is 1. The van der Waals surface area contributed by atoms with Gasteiger partial charge in [-0.2, -0.15) is 9.65 Å². The number of hydrogen-bond donors (Lipinski definition) is 1. The first-order valence-corrected chi connectivity index (χ1v) is 6.67. The summed E-state index contributed by atoms with van der Waals surface area (Å²) in [4.78, 5) is 9.13. The van der Waals surface area contributed by atoms with Crippen LogP contribution in [-0.2, 0) is 10.0 Å². The minimum absolute atomic E-state index is 0.0288. The van der Waals surface area contributed by atoms with E-state index in [2.05, 4.69) is 4.72 Å². The van der Waals surface area contributed by atoms with E-state index >= 15 is 0 Å². The number of unbranched alkanes of at least 4 members (excludes halogenated alkanes) is 1. The van der Waals surface area contributed by atoms with Gasteiger partial charge in [0.2, 0.25) is 15.8 Å². The molecule has 19 heavy (non-hydrogen) atoms. The van der Waals surface area contributed by atoms with E-state index in [9.17, 15) is 22.9 Å². The first-order valence-electron chi connectivity index (χ1n) is 5.19. The molecule has 0 unspecified atom stereocenters. The second kappa shape index (κ2) is 6.21. The van der Waals surface area contributed by atoms with E-state index in [-0.39, 0.29) is 13.0 Å². The molecule has 7 nitrogen and oxygen atoms in total. The molecule has 0 heterocycles. The minimum Gasteiger partial charge on any atom is -0.258 e. The van der Waals surface area contributed by atoms with E-state index in [4.69, 9.17) is 5.26 Å². The molecule has 1 N–H and O–H groups in total. The van der Waals surface area contributed by atoms with Crippen molar-refractivity contribution in [1.82, 2.24) is 4.72 Å². The average molecular weight is 287 g/mol. The van der Waals surface area contributed by atoms with Crippen LogP contribution in [0.3, 0.4) is 0 Å². The number of rotatable bonds is 6. The maximum Gasteiger partial charge on any atom is 0.306 e. The van der Waals surface area contributed by atoms with E-state index in [1.807, 2.05) is 6.07 Å². The molecule has 0 aliphatic heterocycles. The molecule has 1 rings (SSSR count). The lowest BCUT2D eigenvalue weighted by Gasteiger charge is -2.05. The van der Waals surface area contributed by atoms with Crippen LogP contribution in [0.5, 0.6) is 0 Å². The predicted molar refractivity (Wildman–Crippen MR) is 63.1 cm³/mol. The predicted octanol–water partition coefficient (Wildman–Crippen LogP) is 1.32. The number of benzene rings is 1. The fourth-order valence-corrected chi connectivity index (χ4v) is 2.35. The van der Waals surface area contributed by atoms with E-state index in [0.29, 0.717) is 12.5 Å². The SMILES string of the molecule is N#CCCCNS(=O)(=O)c1ccc(F)c([N+](=O)[O-])c1. The molecule has 1 aromatic carbocycles. The van der Waals surface area contributed by atoms with Crippen molar-refractivity contribution < 1.29 is 17.7 Å². The van der Waals surface area contributed by atoms with Crippen LogP contribution in [0.15, 0.2) is 23.1 Å². The molecule has 1 aromatic rings. The Morgan fingerprint density at radius 1 is 1.47 bits per heavy atom. The molecule has 0 bridgehead atoms. The van der Waals surface area contributed by atoms with E-state index < -0.39 is 31.3 Å². The summed E-state index contributed by atoms with van der Waals surface area (Å²) in [5, 5.41) is 18.8. The standard InChI is InChI=1S/C10H10FN3O4S/c11-9-4-3-8(7-10(9)14(15)16)19(17,18)13-6-2-1-5-12/h3-4,7,13H,1-2,6H2. The molecule has 0 atom stereocenters. The third-order valence-corrected chi connectivity index (χ3v) is 3.64. The Morgan fingerprint density at radius 3 is 2.74 bits per heavy atom. The molecule has 0 radical (unpaired) electrons. The molecule has 0 saturated carbocycles. The van der Waals surface area contributed by atoms with Crippen molar-refractivity contribution in [3.05, 3.63) is 34.1 Å². The first kappa shape index (κ1) is 15.0. The van der Waals surface area contributed by atoms with Gasteiger partial charge in [-0.05, 0) is 18.6 Å². The number of nitriles is 1. The van der Waals surface area contributed by atoms with Crippen molar-refractivity contribution in [3.8, 4) is 6.07 Å². The summed E-state index contributed by atoms with van der Waals surface area (Å²) in [5.41, 5.74) is -0.903. The summed E-state index contributed by atoms with van der Waals surface area (Å²) < 4.78 is 38.7. The second-order valence-corrected chi connectivity index (χ2v) is 5.30. The molecule has 9 heteroatoms. The highest BCUT2D eigenvalue weighted by atomic mass is 32.2. The third kappa shape index (κ3) is 3.97. The number of halogens is 1. The van der Waals surface area contributed by atoms with Gasteiger partial charge in [0, 0.05) is 19.0 Å². The largest absolute Gasteiger partial charge is 0.306 e. The van der Waals surface area contributed by atoms with Gasteiger partial charge < -0.3 is 0 Å². The number of nitro groups is 1. The molecule has 0 aliphatic carbocycles. The quantitative estimate of drug-likeness (QED) is 0.481. The lowest BCUT2D eigenvalue weighted by molar-refractivity contribution is -0.387. The van der Waals surface area contributed by atoms with E-state index in [1.165, 1.54) is 0 Å². The molecular weight excluding hydrogens is 277 g/mol. The smallest absolute Gasteiger partial charge is 0.258 e. The highest BCUT2D eigenvalue weighted by Gasteiger charge is 2.20. The Hall–Kier alpha value is -2.05. The normalized spacial score (nSPS) is 10.9. The van der Waals surface area contributed by atoms with Crippen LogP contribution in [0.4, 0.5) is 10.1 Å². The molecular formula is C10H10FN3O4S. The van der Waals surface area contributed by atoms with Crippen LogP contribution in [-0.4, -0.2) is 19.9 Å². The summed E-state index contributed by atoms with van der Waals surface area (Å²) in [6.07, 6.45) is 0.505. The Bertz CT molecular complexity index is 624. The summed E-state index contributed by atoms with van der Waals surface area (Å²) in [5.74, 6) is -1.10. The Kier molecular flexibility index (Phi) is 4.91. The fraction of sp³-hybridized carbons (Fsp3) is 0.300. The van der Waals surface area contributed by atoms with E-state index in [1.54, 1.807) is 0 Å². The third-order valence-electron chi connectivity index (χ3n) is 2.18. The van der Waals surface area contributed by atoms with Gasteiger partial charge in [0.05, 0.1) is 15.9 Å². The number of sulfonamides is 1. The van der Waals surface area contributed by atoms with Crippen molar-refractivity contribution in [2.45, 2.75) is 17.7 Å². The summed E-state index contributed by atoms with van der Waals surface area (Å²) >= 11 is 0. The van der Waals surface area contributed by atoms with Crippen LogP contribution in [0, 0.1) is 27.3 Å². The zero-order chi connectivity index (χ0) is 14.5. The molecule has 0 spiro atoms. The topological polar surface area (TPSA) is 113 Å². The Morgan fingerprint density at radius 2 is 2.16 bits per heavy atom. The van der Waals surface area contributed by atoms with Gasteiger partial charge in [-0.1, -0.05) is 0 Å². The lowest BCUT2D eigenvalue weighted by Crippen LogP contribution is -2.24. The molecule has 0 aromatic heterocycles. The second-order valence-electron chi connectivity index (χ2n) is 3.53. The highest BCUT2D eigenvalue weighted by molar-refractivity contribution is 7.89. The van der Waals surface area contributed by atoms with Crippen LogP contribution in [0.1, 0.15) is 12.8 Å². The Labute approximate surface area is 108 Å². The Balaban J connectivity index is 2.93. The van der Waals surface area contributed by atoms with Gasteiger partial charge in [0.15, 0.2) is 0 Å². The van der Waals surface area contributed by atoms with Gasteiger partial charge in [-0.3, -0.25) is 10.1 Å². The molecule has 102 valence electrons. The lowest BCUT2D eigenvalue weighted by atomic mass is 10.3. The van der Waals surface area contributed by atoms with Crippen LogP contribution in [0.2, 0.25) is 0 Å². The van der Waals surface area contributed by atoms with Gasteiger partial charge >= 0.3 is 5.69 Å². The van der Waals surface area contributed by atoms with E-state index in [0.717, 1.165) is 12.1 Å². The zero-order valence-electron chi connectivity index (χ0n) is 9.67. The maximum absolute atomic E-state index is 13.1. The van der Waals surface area contributed by atoms with Crippen molar-refractivity contribution in [2.75, 3.05) is 6.54 Å². The molecule has 0 amide bonds. The number of nitrogens with zero attached hydrogens (tertiary/aromatic N) is 2. The van der Waals surface area contributed by atoms with Crippen molar-refractivity contribution in [3.63, 3.8) is 0 Å².